The number of nitriles is 1. The lowest BCUT2D eigenvalue weighted by Crippen LogP contribution is -2.56. The number of carbonyl (C=O) groups excluding carboxylic acids is 1. The molecule has 2 aromatic carbocycles. The standard InChI is InChI=1S/C28H34N4O/c1-30(2)28(24-9-4-3-5-10-24)17-15-27(16-18-28)21-31(25-13-11-22(19-29)12-14-25)26(33)32(27)20-23-7-6-8-23/h3-5,9-14,23H,6-8,15-18,20-21H2,1-2H3. The van der Waals surface area contributed by atoms with Crippen LogP contribution in [0.5, 0.6) is 0 Å². The Morgan fingerprint density at radius 2 is 1.67 bits per heavy atom. The molecule has 5 rings (SSSR count). The summed E-state index contributed by atoms with van der Waals surface area (Å²) < 4.78 is 0. The maximum atomic E-state index is 13.8. The van der Waals surface area contributed by atoms with Gasteiger partial charge >= 0.3 is 6.03 Å². The molecule has 5 heteroatoms. The zero-order chi connectivity index (χ0) is 23.1. The van der Waals surface area contributed by atoms with Gasteiger partial charge in [-0.25, -0.2) is 4.79 Å². The molecule has 1 saturated heterocycles. The Balaban J connectivity index is 1.44. The van der Waals surface area contributed by atoms with Crippen LogP contribution in [0.2, 0.25) is 0 Å². The van der Waals surface area contributed by atoms with Gasteiger partial charge < -0.3 is 4.90 Å². The number of nitrogens with zero attached hydrogens (tertiary/aromatic N) is 4. The summed E-state index contributed by atoms with van der Waals surface area (Å²) >= 11 is 0. The molecule has 1 aliphatic heterocycles. The summed E-state index contributed by atoms with van der Waals surface area (Å²) in [6.07, 6.45) is 7.86. The molecule has 3 aliphatic rings. The number of carbonyl (C=O) groups is 1. The molecule has 2 saturated carbocycles. The van der Waals surface area contributed by atoms with Crippen molar-refractivity contribution in [3.63, 3.8) is 0 Å². The molecular weight excluding hydrogens is 408 g/mol. The molecule has 33 heavy (non-hydrogen) atoms. The van der Waals surface area contributed by atoms with Crippen molar-refractivity contribution in [2.45, 2.75) is 56.0 Å². The first-order valence-corrected chi connectivity index (χ1v) is 12.3. The number of rotatable bonds is 5. The predicted molar refractivity (Wildman–Crippen MR) is 131 cm³/mol. The number of amides is 2. The Morgan fingerprint density at radius 3 is 2.21 bits per heavy atom. The first-order valence-electron chi connectivity index (χ1n) is 12.3. The van der Waals surface area contributed by atoms with E-state index in [9.17, 15) is 4.79 Å². The molecule has 172 valence electrons. The number of benzene rings is 2. The molecule has 0 N–H and O–H groups in total. The van der Waals surface area contributed by atoms with Crippen LogP contribution < -0.4 is 4.90 Å². The summed E-state index contributed by atoms with van der Waals surface area (Å²) in [5, 5.41) is 9.16. The van der Waals surface area contributed by atoms with Crippen LogP contribution in [-0.4, -0.2) is 48.6 Å². The Bertz CT molecular complexity index is 1030. The molecular formula is C28H34N4O. The Morgan fingerprint density at radius 1 is 1.00 bits per heavy atom. The molecule has 5 nitrogen and oxygen atoms in total. The van der Waals surface area contributed by atoms with E-state index in [1.165, 1.54) is 24.8 Å². The van der Waals surface area contributed by atoms with Crippen molar-refractivity contribution in [3.8, 4) is 6.07 Å². The van der Waals surface area contributed by atoms with Crippen molar-refractivity contribution in [2.75, 3.05) is 32.1 Å². The van der Waals surface area contributed by atoms with Crippen LogP contribution in [0.1, 0.15) is 56.1 Å². The fourth-order valence-corrected chi connectivity index (χ4v) is 6.22. The molecule has 0 aromatic heterocycles. The summed E-state index contributed by atoms with van der Waals surface area (Å²) in [6.45, 7) is 1.62. The van der Waals surface area contributed by atoms with E-state index in [0.717, 1.165) is 44.5 Å². The van der Waals surface area contributed by atoms with Crippen molar-refractivity contribution in [1.82, 2.24) is 9.80 Å². The van der Waals surface area contributed by atoms with E-state index in [2.05, 4.69) is 60.3 Å². The number of anilines is 1. The molecule has 0 radical (unpaired) electrons. The van der Waals surface area contributed by atoms with Gasteiger partial charge in [0.05, 0.1) is 23.7 Å². The summed E-state index contributed by atoms with van der Waals surface area (Å²) in [7, 11) is 4.39. The number of hydrogen-bond donors (Lipinski definition) is 0. The minimum Gasteiger partial charge on any atom is -0.317 e. The van der Waals surface area contributed by atoms with E-state index in [4.69, 9.17) is 5.26 Å². The topological polar surface area (TPSA) is 50.6 Å². The molecule has 3 fully saturated rings. The van der Waals surface area contributed by atoms with E-state index >= 15 is 0 Å². The maximum Gasteiger partial charge on any atom is 0.325 e. The summed E-state index contributed by atoms with van der Waals surface area (Å²) in [4.78, 5) is 20.3. The quantitative estimate of drug-likeness (QED) is 0.625. The largest absolute Gasteiger partial charge is 0.325 e. The van der Waals surface area contributed by atoms with Crippen LogP contribution in [0, 0.1) is 17.2 Å². The lowest BCUT2D eigenvalue weighted by Gasteiger charge is -2.51. The van der Waals surface area contributed by atoms with Gasteiger partial charge in [0.15, 0.2) is 0 Å². The first kappa shape index (κ1) is 22.0. The van der Waals surface area contributed by atoms with Gasteiger partial charge in [-0.15, -0.1) is 0 Å². The maximum absolute atomic E-state index is 13.8. The third-order valence-corrected chi connectivity index (χ3v) is 8.64. The van der Waals surface area contributed by atoms with Crippen molar-refractivity contribution in [2.24, 2.45) is 5.92 Å². The zero-order valence-electron chi connectivity index (χ0n) is 19.8. The van der Waals surface area contributed by atoms with E-state index in [0.29, 0.717) is 11.5 Å². The molecule has 0 atom stereocenters. The molecule has 1 spiro atoms. The van der Waals surface area contributed by atoms with Crippen LogP contribution >= 0.6 is 0 Å². The minimum atomic E-state index is -0.116. The highest BCUT2D eigenvalue weighted by Crippen LogP contribution is 2.50. The van der Waals surface area contributed by atoms with Crippen LogP contribution in [0.15, 0.2) is 54.6 Å². The van der Waals surface area contributed by atoms with E-state index in [-0.39, 0.29) is 17.1 Å². The van der Waals surface area contributed by atoms with Crippen LogP contribution in [-0.2, 0) is 5.54 Å². The number of urea groups is 1. The van der Waals surface area contributed by atoms with Crippen molar-refractivity contribution < 1.29 is 4.79 Å². The summed E-state index contributed by atoms with van der Waals surface area (Å²) in [5.74, 6) is 0.640. The Labute approximate surface area is 197 Å². The SMILES string of the molecule is CN(C)C1(c2ccccc2)CCC2(CC1)CN(c1ccc(C#N)cc1)C(=O)N2CC1CCC1. The smallest absolute Gasteiger partial charge is 0.317 e. The van der Waals surface area contributed by atoms with E-state index < -0.39 is 0 Å². The molecule has 1 heterocycles. The van der Waals surface area contributed by atoms with Crippen LogP contribution in [0.4, 0.5) is 10.5 Å². The lowest BCUT2D eigenvalue weighted by molar-refractivity contribution is 0.0172. The van der Waals surface area contributed by atoms with Gasteiger partial charge in [-0.3, -0.25) is 9.80 Å². The fourth-order valence-electron chi connectivity index (χ4n) is 6.22. The third kappa shape index (κ3) is 3.71. The van der Waals surface area contributed by atoms with Crippen LogP contribution in [0.25, 0.3) is 0 Å². The van der Waals surface area contributed by atoms with E-state index in [1.54, 1.807) is 0 Å². The van der Waals surface area contributed by atoms with Gasteiger partial charge in [0.25, 0.3) is 0 Å². The number of hydrogen-bond acceptors (Lipinski definition) is 3. The second-order valence-electron chi connectivity index (χ2n) is 10.5. The highest BCUT2D eigenvalue weighted by Gasteiger charge is 2.55. The van der Waals surface area contributed by atoms with Gasteiger partial charge in [-0.2, -0.15) is 5.26 Å². The highest BCUT2D eigenvalue weighted by molar-refractivity contribution is 5.95. The lowest BCUT2D eigenvalue weighted by atomic mass is 9.68. The first-order chi connectivity index (χ1) is 16.0. The predicted octanol–water partition coefficient (Wildman–Crippen LogP) is 5.37. The van der Waals surface area contributed by atoms with Crippen LogP contribution in [0.3, 0.4) is 0 Å². The normalized spacial score (nSPS) is 27.8. The third-order valence-electron chi connectivity index (χ3n) is 8.64. The van der Waals surface area contributed by atoms with E-state index in [1.807, 2.05) is 29.2 Å². The van der Waals surface area contributed by atoms with Crippen molar-refractivity contribution >= 4 is 11.7 Å². The van der Waals surface area contributed by atoms with Crippen molar-refractivity contribution in [3.05, 3.63) is 65.7 Å². The minimum absolute atomic E-state index is 0.0135. The molecule has 2 amide bonds. The monoisotopic (exact) mass is 442 g/mol. The summed E-state index contributed by atoms with van der Waals surface area (Å²) in [5.41, 5.74) is 2.81. The highest BCUT2D eigenvalue weighted by atomic mass is 16.2. The zero-order valence-corrected chi connectivity index (χ0v) is 19.8. The Hall–Kier alpha value is -2.84. The molecule has 0 unspecified atom stereocenters. The molecule has 2 aliphatic carbocycles. The second-order valence-corrected chi connectivity index (χ2v) is 10.5. The summed E-state index contributed by atoms with van der Waals surface area (Å²) in [6, 6.07) is 20.7. The fraction of sp³-hybridized carbons (Fsp3) is 0.500. The van der Waals surface area contributed by atoms with Gasteiger partial charge in [0.2, 0.25) is 0 Å². The van der Waals surface area contributed by atoms with Crippen molar-refractivity contribution in [1.29, 1.82) is 5.26 Å². The average Bonchev–Trinajstić information content (AvgIpc) is 3.08. The van der Waals surface area contributed by atoms with Gasteiger partial charge in [-0.05, 0) is 88.4 Å². The molecule has 0 bridgehead atoms. The second kappa shape index (κ2) is 8.50. The average molecular weight is 443 g/mol. The van der Waals surface area contributed by atoms with Gasteiger partial charge in [-0.1, -0.05) is 36.8 Å². The van der Waals surface area contributed by atoms with Gasteiger partial charge in [0.1, 0.15) is 0 Å². The molecule has 2 aromatic rings. The van der Waals surface area contributed by atoms with Gasteiger partial charge in [0, 0.05) is 17.8 Å². The Kier molecular flexibility index (Phi) is 5.66.